The van der Waals surface area contributed by atoms with Gasteiger partial charge in [-0.3, -0.25) is 4.79 Å². The maximum Gasteiger partial charge on any atom is 0.159 e. The quantitative estimate of drug-likeness (QED) is 0.738. The van der Waals surface area contributed by atoms with Crippen molar-refractivity contribution in [2.24, 2.45) is 28.6 Å². The second-order valence-electron chi connectivity index (χ2n) is 8.68. The van der Waals surface area contributed by atoms with Crippen LogP contribution in [0.2, 0.25) is 0 Å². The molecule has 4 aliphatic rings. The van der Waals surface area contributed by atoms with Gasteiger partial charge in [-0.2, -0.15) is 0 Å². The number of ketones is 1. The first-order valence-electron chi connectivity index (χ1n) is 8.95. The van der Waals surface area contributed by atoms with Gasteiger partial charge < -0.3 is 5.11 Å². The van der Waals surface area contributed by atoms with Gasteiger partial charge in [0.25, 0.3) is 0 Å². The lowest BCUT2D eigenvalue weighted by Crippen LogP contribution is -2.53. The van der Waals surface area contributed by atoms with Crippen molar-refractivity contribution in [3.8, 4) is 0 Å². The number of hydrogen-bond donors (Lipinski definition) is 1. The summed E-state index contributed by atoms with van der Waals surface area (Å²) in [6.07, 6.45) is 6.69. The van der Waals surface area contributed by atoms with E-state index < -0.39 is 17.7 Å². The second kappa shape index (κ2) is 4.66. The Morgan fingerprint density at radius 3 is 2.77 bits per heavy atom. The van der Waals surface area contributed by atoms with Gasteiger partial charge >= 0.3 is 0 Å². The van der Waals surface area contributed by atoms with Gasteiger partial charge in [-0.1, -0.05) is 25.8 Å². The molecule has 0 heterocycles. The van der Waals surface area contributed by atoms with Crippen molar-refractivity contribution >= 4 is 5.78 Å². The van der Waals surface area contributed by atoms with Gasteiger partial charge in [-0.05, 0) is 67.3 Å². The lowest BCUT2D eigenvalue weighted by molar-refractivity contribution is -0.135. The van der Waals surface area contributed by atoms with E-state index in [4.69, 9.17) is 0 Å². The van der Waals surface area contributed by atoms with E-state index >= 15 is 0 Å². The highest BCUT2D eigenvalue weighted by Crippen LogP contribution is 2.64. The first-order valence-corrected chi connectivity index (χ1v) is 8.95. The predicted octanol–water partition coefficient (Wildman–Crippen LogP) is 3.83. The summed E-state index contributed by atoms with van der Waals surface area (Å²) < 4.78 is 14.2. The Hall–Kier alpha value is -0.700. The van der Waals surface area contributed by atoms with Crippen molar-refractivity contribution in [2.75, 3.05) is 0 Å². The summed E-state index contributed by atoms with van der Waals surface area (Å²) >= 11 is 0. The van der Waals surface area contributed by atoms with Crippen LogP contribution in [0.25, 0.3) is 0 Å². The van der Waals surface area contributed by atoms with Crippen molar-refractivity contribution in [3.63, 3.8) is 0 Å². The van der Waals surface area contributed by atoms with E-state index in [1.54, 1.807) is 0 Å². The van der Waals surface area contributed by atoms with Crippen molar-refractivity contribution < 1.29 is 14.3 Å². The van der Waals surface area contributed by atoms with Crippen molar-refractivity contribution in [1.82, 2.24) is 0 Å². The van der Waals surface area contributed by atoms with Crippen LogP contribution in [0.1, 0.15) is 58.8 Å². The molecule has 3 saturated carbocycles. The van der Waals surface area contributed by atoms with E-state index in [-0.39, 0.29) is 23.0 Å². The Kier molecular flexibility index (Phi) is 3.15. The van der Waals surface area contributed by atoms with Crippen LogP contribution in [0, 0.1) is 28.6 Å². The number of fused-ring (bicyclic) bond motifs is 5. The lowest BCUT2D eigenvalue weighted by atomic mass is 9.48. The van der Waals surface area contributed by atoms with Gasteiger partial charge in [0.2, 0.25) is 0 Å². The monoisotopic (exact) mass is 306 g/mol. The molecular formula is C19H27FO2. The van der Waals surface area contributed by atoms with Gasteiger partial charge in [0.15, 0.2) is 5.78 Å². The van der Waals surface area contributed by atoms with Crippen LogP contribution in [0.4, 0.5) is 4.39 Å². The fourth-order valence-electron chi connectivity index (χ4n) is 6.38. The molecule has 4 aliphatic carbocycles. The molecule has 22 heavy (non-hydrogen) atoms. The van der Waals surface area contributed by atoms with Gasteiger partial charge in [0, 0.05) is 5.92 Å². The maximum atomic E-state index is 14.2. The molecule has 0 saturated heterocycles. The zero-order chi connectivity index (χ0) is 15.7. The summed E-state index contributed by atoms with van der Waals surface area (Å²) in [4.78, 5) is 12.8. The summed E-state index contributed by atoms with van der Waals surface area (Å²) in [6, 6.07) is 0. The number of hydrogen-bond acceptors (Lipinski definition) is 2. The molecule has 3 heteroatoms. The van der Waals surface area contributed by atoms with E-state index in [1.807, 2.05) is 13.0 Å². The first-order chi connectivity index (χ1) is 10.4. The number of aliphatic hydroxyl groups is 1. The molecule has 0 spiro atoms. The van der Waals surface area contributed by atoms with Crippen LogP contribution in [-0.4, -0.2) is 23.2 Å². The van der Waals surface area contributed by atoms with E-state index in [0.717, 1.165) is 19.3 Å². The third kappa shape index (κ3) is 1.72. The number of carbonyl (C=O) groups excluding carboxylic acids is 1. The topological polar surface area (TPSA) is 37.3 Å². The Morgan fingerprint density at radius 2 is 2.00 bits per heavy atom. The van der Waals surface area contributed by atoms with Gasteiger partial charge in [-0.25, -0.2) is 4.39 Å². The number of aliphatic hydroxyl groups excluding tert-OH is 1. The summed E-state index contributed by atoms with van der Waals surface area (Å²) in [6.45, 7) is 4.34. The van der Waals surface area contributed by atoms with Gasteiger partial charge in [0.05, 0.1) is 6.10 Å². The molecule has 1 N–H and O–H groups in total. The molecular weight excluding hydrogens is 279 g/mol. The summed E-state index contributed by atoms with van der Waals surface area (Å²) in [7, 11) is 0. The fraction of sp³-hybridized carbons (Fsp3) is 0.842. The highest BCUT2D eigenvalue weighted by molar-refractivity contribution is 5.94. The molecule has 0 amide bonds. The van der Waals surface area contributed by atoms with Crippen LogP contribution in [0.5, 0.6) is 0 Å². The minimum atomic E-state index is -1.16. The lowest BCUT2D eigenvalue weighted by Gasteiger charge is -2.56. The third-order valence-corrected chi connectivity index (χ3v) is 7.79. The van der Waals surface area contributed by atoms with E-state index in [2.05, 4.69) is 6.92 Å². The standard InChI is InChI=1S/C19H27FO2/c1-18-7-4-3-5-11(18)9-15(21)16-12(18)6-8-19(2)13(16)10-14(20)17(19)22/h9,12-14,16-17,22H,3-8,10H2,1-2H3/t12?,13?,14-,16?,17?,18+,19+/m1/s1. The van der Waals surface area contributed by atoms with Crippen LogP contribution >= 0.6 is 0 Å². The minimum Gasteiger partial charge on any atom is -0.390 e. The highest BCUT2D eigenvalue weighted by Gasteiger charge is 2.62. The molecule has 0 aromatic carbocycles. The largest absolute Gasteiger partial charge is 0.390 e. The molecule has 0 aromatic heterocycles. The Balaban J connectivity index is 1.77. The number of rotatable bonds is 0. The molecule has 3 fully saturated rings. The molecule has 0 radical (unpaired) electrons. The molecule has 2 nitrogen and oxygen atoms in total. The maximum absolute atomic E-state index is 14.2. The van der Waals surface area contributed by atoms with E-state index in [0.29, 0.717) is 12.3 Å². The van der Waals surface area contributed by atoms with Crippen LogP contribution < -0.4 is 0 Å². The molecule has 0 bridgehead atoms. The molecule has 4 rings (SSSR count). The summed E-state index contributed by atoms with van der Waals surface area (Å²) in [5.41, 5.74) is 1.08. The first kappa shape index (κ1) is 14.9. The van der Waals surface area contributed by atoms with Crippen molar-refractivity contribution in [2.45, 2.75) is 71.1 Å². The van der Waals surface area contributed by atoms with Crippen LogP contribution in [0.3, 0.4) is 0 Å². The van der Waals surface area contributed by atoms with Gasteiger partial charge in [0.1, 0.15) is 6.17 Å². The number of alkyl halides is 1. The number of halogens is 1. The van der Waals surface area contributed by atoms with E-state index in [1.165, 1.54) is 24.8 Å². The molecule has 4 unspecified atom stereocenters. The van der Waals surface area contributed by atoms with Gasteiger partial charge in [-0.15, -0.1) is 0 Å². The Morgan fingerprint density at radius 1 is 1.23 bits per heavy atom. The normalized spacial score (nSPS) is 54.3. The van der Waals surface area contributed by atoms with E-state index in [9.17, 15) is 14.3 Å². The molecule has 0 aromatic rings. The van der Waals surface area contributed by atoms with Crippen LogP contribution in [0.15, 0.2) is 11.6 Å². The number of allylic oxidation sites excluding steroid dienone is 2. The average Bonchev–Trinajstić information content (AvgIpc) is 2.71. The smallest absolute Gasteiger partial charge is 0.159 e. The Labute approximate surface area is 132 Å². The molecule has 122 valence electrons. The fourth-order valence-corrected chi connectivity index (χ4v) is 6.38. The van der Waals surface area contributed by atoms with Crippen molar-refractivity contribution in [1.29, 1.82) is 0 Å². The van der Waals surface area contributed by atoms with Crippen LogP contribution in [-0.2, 0) is 4.79 Å². The average molecular weight is 306 g/mol. The second-order valence-corrected chi connectivity index (χ2v) is 8.68. The zero-order valence-corrected chi connectivity index (χ0v) is 13.6. The Bertz CT molecular complexity index is 542. The molecule has 7 atom stereocenters. The predicted molar refractivity (Wildman–Crippen MR) is 83.0 cm³/mol. The number of carbonyl (C=O) groups is 1. The third-order valence-electron chi connectivity index (χ3n) is 7.79. The van der Waals surface area contributed by atoms with Crippen molar-refractivity contribution in [3.05, 3.63) is 11.6 Å². The SMILES string of the molecule is C[C@]12CCC3C(C(=O)C=C4CCCC[C@@]43C)C1C[C@@H](F)C2O. The highest BCUT2D eigenvalue weighted by atomic mass is 19.1. The zero-order valence-electron chi connectivity index (χ0n) is 13.6. The minimum absolute atomic E-state index is 0.0142. The summed E-state index contributed by atoms with van der Waals surface area (Å²) in [5, 5.41) is 10.3. The summed E-state index contributed by atoms with van der Waals surface area (Å²) in [5.74, 6) is 0.522. The molecule has 0 aliphatic heterocycles.